The van der Waals surface area contributed by atoms with Crippen LogP contribution in [0.1, 0.15) is 25.7 Å². The zero-order chi connectivity index (χ0) is 12.8. The molecule has 3 fully saturated rings. The van der Waals surface area contributed by atoms with Crippen LogP contribution in [0.5, 0.6) is 0 Å². The highest BCUT2D eigenvalue weighted by Gasteiger charge is 2.50. The normalized spacial score (nSPS) is 35.2. The Bertz CT molecular complexity index is 333. The van der Waals surface area contributed by atoms with E-state index in [2.05, 4.69) is 4.90 Å². The lowest BCUT2D eigenvalue weighted by Gasteiger charge is -2.37. The third-order valence-corrected chi connectivity index (χ3v) is 4.48. The second-order valence-electron chi connectivity index (χ2n) is 5.96. The standard InChI is InChI=1S/C13H22N2O3/c1-17-12(16)13(14,9-2-3-9)8-15-6-10-4-5-11(7-15)18-10/h9-11H,2-8,14H2,1H3. The molecule has 2 saturated heterocycles. The first-order valence-corrected chi connectivity index (χ1v) is 6.87. The third kappa shape index (κ3) is 2.15. The molecule has 102 valence electrons. The maximum Gasteiger partial charge on any atom is 0.327 e. The van der Waals surface area contributed by atoms with Crippen LogP contribution in [-0.2, 0) is 14.3 Å². The highest BCUT2D eigenvalue weighted by molar-refractivity contribution is 5.81. The van der Waals surface area contributed by atoms with Crippen molar-refractivity contribution in [1.29, 1.82) is 0 Å². The van der Waals surface area contributed by atoms with Crippen molar-refractivity contribution in [2.45, 2.75) is 43.4 Å². The fourth-order valence-corrected chi connectivity index (χ4v) is 3.35. The Kier molecular flexibility index (Phi) is 3.08. The van der Waals surface area contributed by atoms with Crippen molar-refractivity contribution in [2.24, 2.45) is 11.7 Å². The SMILES string of the molecule is COC(=O)C(N)(CN1CC2CCC(C1)O2)C1CC1. The largest absolute Gasteiger partial charge is 0.468 e. The lowest BCUT2D eigenvalue weighted by Crippen LogP contribution is -2.60. The van der Waals surface area contributed by atoms with Gasteiger partial charge in [-0.25, -0.2) is 0 Å². The molecule has 0 radical (unpaired) electrons. The molecule has 3 atom stereocenters. The summed E-state index contributed by atoms with van der Waals surface area (Å²) in [6, 6.07) is 0. The van der Waals surface area contributed by atoms with Gasteiger partial charge < -0.3 is 15.2 Å². The summed E-state index contributed by atoms with van der Waals surface area (Å²) < 4.78 is 10.7. The second-order valence-corrected chi connectivity index (χ2v) is 5.96. The molecule has 2 aliphatic heterocycles. The number of morpholine rings is 1. The molecule has 1 saturated carbocycles. The molecule has 1 aliphatic carbocycles. The van der Waals surface area contributed by atoms with Crippen LogP contribution in [0.15, 0.2) is 0 Å². The monoisotopic (exact) mass is 254 g/mol. The molecule has 2 bridgehead atoms. The first kappa shape index (κ1) is 12.4. The van der Waals surface area contributed by atoms with Crippen molar-refractivity contribution >= 4 is 5.97 Å². The average Bonchev–Trinajstić information content (AvgIpc) is 3.15. The molecule has 0 spiro atoms. The van der Waals surface area contributed by atoms with Gasteiger partial charge in [0.1, 0.15) is 5.54 Å². The third-order valence-electron chi connectivity index (χ3n) is 4.48. The number of hydrogen-bond donors (Lipinski definition) is 1. The maximum absolute atomic E-state index is 12.0. The summed E-state index contributed by atoms with van der Waals surface area (Å²) in [6.45, 7) is 2.42. The predicted octanol–water partition coefficient (Wildman–Crippen LogP) is 0.130. The molecule has 2 N–H and O–H groups in total. The Morgan fingerprint density at radius 1 is 1.33 bits per heavy atom. The van der Waals surface area contributed by atoms with Gasteiger partial charge in [0.25, 0.3) is 0 Å². The van der Waals surface area contributed by atoms with Crippen molar-refractivity contribution in [2.75, 3.05) is 26.7 Å². The first-order chi connectivity index (χ1) is 8.61. The lowest BCUT2D eigenvalue weighted by molar-refractivity contribution is -0.150. The summed E-state index contributed by atoms with van der Waals surface area (Å²) in [4.78, 5) is 14.3. The van der Waals surface area contributed by atoms with Gasteiger partial charge in [-0.1, -0.05) is 0 Å². The van der Waals surface area contributed by atoms with Gasteiger partial charge >= 0.3 is 5.97 Å². The second kappa shape index (κ2) is 4.47. The van der Waals surface area contributed by atoms with Crippen LogP contribution in [0, 0.1) is 5.92 Å². The Balaban J connectivity index is 1.67. The van der Waals surface area contributed by atoms with E-state index in [1.54, 1.807) is 0 Å². The van der Waals surface area contributed by atoms with Crippen molar-refractivity contribution in [3.63, 3.8) is 0 Å². The van der Waals surface area contributed by atoms with Crippen LogP contribution in [0.25, 0.3) is 0 Å². The van der Waals surface area contributed by atoms with E-state index < -0.39 is 5.54 Å². The Morgan fingerprint density at radius 2 is 1.94 bits per heavy atom. The highest BCUT2D eigenvalue weighted by Crippen LogP contribution is 2.40. The van der Waals surface area contributed by atoms with E-state index in [1.807, 2.05) is 0 Å². The minimum absolute atomic E-state index is 0.260. The van der Waals surface area contributed by atoms with Gasteiger partial charge in [0, 0.05) is 19.6 Å². The van der Waals surface area contributed by atoms with Crippen LogP contribution in [0.2, 0.25) is 0 Å². The number of rotatable bonds is 4. The number of hydrogen-bond acceptors (Lipinski definition) is 5. The minimum Gasteiger partial charge on any atom is -0.468 e. The molecule has 3 rings (SSSR count). The van der Waals surface area contributed by atoms with E-state index in [4.69, 9.17) is 15.2 Å². The Morgan fingerprint density at radius 3 is 2.44 bits per heavy atom. The number of esters is 1. The number of carbonyl (C=O) groups excluding carboxylic acids is 1. The van der Waals surface area contributed by atoms with E-state index in [-0.39, 0.29) is 5.97 Å². The summed E-state index contributed by atoms with van der Waals surface area (Å²) >= 11 is 0. The van der Waals surface area contributed by atoms with E-state index in [0.29, 0.717) is 24.7 Å². The molecule has 2 heterocycles. The number of nitrogens with two attached hydrogens (primary N) is 1. The average molecular weight is 254 g/mol. The molecular formula is C13H22N2O3. The molecule has 0 aromatic rings. The summed E-state index contributed by atoms with van der Waals surface area (Å²) in [5, 5.41) is 0. The molecule has 5 heteroatoms. The van der Waals surface area contributed by atoms with Gasteiger partial charge in [-0.05, 0) is 31.6 Å². The maximum atomic E-state index is 12.0. The van der Waals surface area contributed by atoms with Crippen LogP contribution in [0.3, 0.4) is 0 Å². The van der Waals surface area contributed by atoms with Gasteiger partial charge in [-0.15, -0.1) is 0 Å². The van der Waals surface area contributed by atoms with E-state index in [1.165, 1.54) is 7.11 Å². The number of methoxy groups -OCH3 is 1. The Hall–Kier alpha value is -0.650. The molecule has 0 aromatic heterocycles. The van der Waals surface area contributed by atoms with Gasteiger partial charge in [0.2, 0.25) is 0 Å². The summed E-state index contributed by atoms with van der Waals surface area (Å²) in [5.74, 6) is 0.0364. The van der Waals surface area contributed by atoms with E-state index >= 15 is 0 Å². The minimum atomic E-state index is -0.814. The molecule has 0 amide bonds. The number of carbonyl (C=O) groups is 1. The first-order valence-electron chi connectivity index (χ1n) is 6.87. The quantitative estimate of drug-likeness (QED) is 0.722. The predicted molar refractivity (Wildman–Crippen MR) is 66.0 cm³/mol. The fourth-order valence-electron chi connectivity index (χ4n) is 3.35. The number of nitrogens with zero attached hydrogens (tertiary/aromatic N) is 1. The van der Waals surface area contributed by atoms with Gasteiger partial charge in [-0.2, -0.15) is 0 Å². The van der Waals surface area contributed by atoms with Crippen LogP contribution in [-0.4, -0.2) is 55.4 Å². The topological polar surface area (TPSA) is 64.8 Å². The van der Waals surface area contributed by atoms with Crippen molar-refractivity contribution in [3.05, 3.63) is 0 Å². The van der Waals surface area contributed by atoms with Crippen LogP contribution < -0.4 is 5.73 Å². The zero-order valence-electron chi connectivity index (χ0n) is 10.9. The number of fused-ring (bicyclic) bond motifs is 2. The molecular weight excluding hydrogens is 232 g/mol. The molecule has 0 aromatic carbocycles. The van der Waals surface area contributed by atoms with Gasteiger partial charge in [-0.3, -0.25) is 9.69 Å². The fraction of sp³-hybridized carbons (Fsp3) is 0.923. The van der Waals surface area contributed by atoms with Crippen LogP contribution in [0.4, 0.5) is 0 Å². The lowest BCUT2D eigenvalue weighted by atomic mass is 9.93. The Labute approximate surface area is 108 Å². The van der Waals surface area contributed by atoms with Crippen molar-refractivity contribution in [3.8, 4) is 0 Å². The molecule has 18 heavy (non-hydrogen) atoms. The summed E-state index contributed by atoms with van der Waals surface area (Å²) in [6.07, 6.45) is 5.04. The molecule has 5 nitrogen and oxygen atoms in total. The number of ether oxygens (including phenoxy) is 2. The van der Waals surface area contributed by atoms with E-state index in [9.17, 15) is 4.79 Å². The smallest absolute Gasteiger partial charge is 0.327 e. The van der Waals surface area contributed by atoms with Crippen molar-refractivity contribution in [1.82, 2.24) is 4.90 Å². The van der Waals surface area contributed by atoms with Crippen LogP contribution >= 0.6 is 0 Å². The van der Waals surface area contributed by atoms with Gasteiger partial charge in [0.15, 0.2) is 0 Å². The highest BCUT2D eigenvalue weighted by atomic mass is 16.5. The molecule has 3 aliphatic rings. The zero-order valence-corrected chi connectivity index (χ0v) is 10.9. The van der Waals surface area contributed by atoms with E-state index in [0.717, 1.165) is 38.8 Å². The molecule has 3 unspecified atom stereocenters. The van der Waals surface area contributed by atoms with Gasteiger partial charge in [0.05, 0.1) is 19.3 Å². The summed E-state index contributed by atoms with van der Waals surface area (Å²) in [7, 11) is 1.43. The van der Waals surface area contributed by atoms with Crippen molar-refractivity contribution < 1.29 is 14.3 Å². The number of likely N-dealkylation sites (tertiary alicyclic amines) is 1. The summed E-state index contributed by atoms with van der Waals surface area (Å²) in [5.41, 5.74) is 5.53.